The number of halogens is 3. The van der Waals surface area contributed by atoms with Crippen molar-refractivity contribution in [2.75, 3.05) is 65.0 Å². The van der Waals surface area contributed by atoms with Crippen LogP contribution in [0.25, 0.3) is 10.1 Å². The molecule has 1 aliphatic heterocycles. The molecule has 1 aliphatic rings. The zero-order chi connectivity index (χ0) is 43.6. The van der Waals surface area contributed by atoms with Crippen molar-refractivity contribution < 1.29 is 41.7 Å². The molecule has 1 saturated heterocycles. The predicted octanol–water partition coefficient (Wildman–Crippen LogP) is 8.11. The third-order valence-corrected chi connectivity index (χ3v) is 16.7. The summed E-state index contributed by atoms with van der Waals surface area (Å²) in [6.45, 7) is 15.8. The van der Waals surface area contributed by atoms with Crippen LogP contribution in [0.15, 0.2) is 78.9 Å². The molecule has 2 heterocycles. The Balaban J connectivity index is 1.18. The van der Waals surface area contributed by atoms with Gasteiger partial charge in [0, 0.05) is 30.1 Å². The van der Waals surface area contributed by atoms with E-state index in [1.165, 1.54) is 10.4 Å². The molecular formula is C46H60F3N3O6SSi. The molecule has 4 aromatic rings. The van der Waals surface area contributed by atoms with Gasteiger partial charge in [0.05, 0.1) is 48.2 Å². The van der Waals surface area contributed by atoms with E-state index >= 15 is 0 Å². The van der Waals surface area contributed by atoms with Gasteiger partial charge in [-0.15, -0.1) is 11.3 Å². The first kappa shape index (κ1) is 47.1. The van der Waals surface area contributed by atoms with E-state index in [9.17, 15) is 23.1 Å². The minimum Gasteiger partial charge on any atom is -0.444 e. The lowest BCUT2D eigenvalue weighted by Gasteiger charge is -2.43. The van der Waals surface area contributed by atoms with Gasteiger partial charge in [0.1, 0.15) is 5.60 Å². The van der Waals surface area contributed by atoms with Gasteiger partial charge in [-0.25, -0.2) is 4.79 Å². The molecule has 14 heteroatoms. The third kappa shape index (κ3) is 12.3. The van der Waals surface area contributed by atoms with Crippen LogP contribution in [0, 0.1) is 17.8 Å². The largest absolute Gasteiger partial charge is 0.444 e. The van der Waals surface area contributed by atoms with E-state index in [2.05, 4.69) is 104 Å². The zero-order valence-electron chi connectivity index (χ0n) is 35.8. The van der Waals surface area contributed by atoms with Gasteiger partial charge in [-0.05, 0) is 74.6 Å². The molecule has 0 aliphatic carbocycles. The number of amides is 1. The Labute approximate surface area is 358 Å². The summed E-state index contributed by atoms with van der Waals surface area (Å²) >= 11 is 1.09. The fourth-order valence-electron chi connectivity index (χ4n) is 7.80. The summed E-state index contributed by atoms with van der Waals surface area (Å²) in [7, 11) is -0.552. The average Bonchev–Trinajstić information content (AvgIpc) is 3.56. The monoisotopic (exact) mass is 867 g/mol. The van der Waals surface area contributed by atoms with E-state index in [0.29, 0.717) is 43.4 Å². The van der Waals surface area contributed by atoms with Crippen LogP contribution in [0.2, 0.25) is 5.04 Å². The molecule has 3 unspecified atom stereocenters. The summed E-state index contributed by atoms with van der Waals surface area (Å²) in [6, 6.07) is 26.2. The molecule has 326 valence electrons. The van der Waals surface area contributed by atoms with Crippen LogP contribution < -0.4 is 21.0 Å². The summed E-state index contributed by atoms with van der Waals surface area (Å²) < 4.78 is 66.7. The molecule has 5 rings (SSSR count). The van der Waals surface area contributed by atoms with Crippen molar-refractivity contribution in [2.24, 2.45) is 5.92 Å². The van der Waals surface area contributed by atoms with Gasteiger partial charge in [0.15, 0.2) is 6.10 Å². The molecule has 1 aromatic heterocycles. The highest BCUT2D eigenvalue weighted by molar-refractivity contribution is 7.20. The van der Waals surface area contributed by atoms with Gasteiger partial charge in [0.2, 0.25) is 0 Å². The lowest BCUT2D eigenvalue weighted by atomic mass is 9.89. The van der Waals surface area contributed by atoms with Crippen LogP contribution in [0.5, 0.6) is 0 Å². The minimum absolute atomic E-state index is 0.0379. The number of alkyl carbamates (subject to hydrolysis) is 1. The number of carbonyl (C=O) groups is 1. The molecule has 0 spiro atoms. The van der Waals surface area contributed by atoms with Crippen LogP contribution in [-0.2, 0) is 18.6 Å². The van der Waals surface area contributed by atoms with Gasteiger partial charge < -0.3 is 39.3 Å². The van der Waals surface area contributed by atoms with Gasteiger partial charge >= 0.3 is 12.3 Å². The Kier molecular flexibility index (Phi) is 16.3. The molecule has 0 bridgehead atoms. The maximum atomic E-state index is 14.0. The van der Waals surface area contributed by atoms with Crippen LogP contribution >= 0.6 is 11.3 Å². The lowest BCUT2D eigenvalue weighted by Crippen LogP contribution is -2.66. The lowest BCUT2D eigenvalue weighted by molar-refractivity contribution is -0.206. The highest BCUT2D eigenvalue weighted by Gasteiger charge is 2.50. The molecule has 0 saturated carbocycles. The molecule has 0 radical (unpaired) electrons. The number of piperidine rings is 1. The summed E-state index contributed by atoms with van der Waals surface area (Å²) in [5, 5.41) is 19.3. The second-order valence-corrected chi connectivity index (χ2v) is 22.5. The molecular weight excluding hydrogens is 808 g/mol. The second kappa shape index (κ2) is 20.7. The first-order valence-electron chi connectivity index (χ1n) is 20.5. The quantitative estimate of drug-likeness (QED) is 0.0591. The highest BCUT2D eigenvalue weighted by Crippen LogP contribution is 2.44. The number of carbonyl (C=O) groups excluding carboxylic acids is 1. The summed E-state index contributed by atoms with van der Waals surface area (Å²) in [5.74, 6) is 5.71. The maximum Gasteiger partial charge on any atom is 0.418 e. The molecule has 1 fully saturated rings. The number of nitrogens with one attached hydrogen (secondary N) is 2. The fraction of sp³-hybridized carbons (Fsp3) is 0.500. The number of thiophene rings is 1. The number of rotatable bonds is 16. The number of aliphatic hydroxyl groups excluding tert-OH is 1. The zero-order valence-corrected chi connectivity index (χ0v) is 37.6. The second-order valence-electron chi connectivity index (χ2n) is 17.2. The number of anilines is 1. The van der Waals surface area contributed by atoms with Crippen molar-refractivity contribution in [3.05, 3.63) is 89.3 Å². The van der Waals surface area contributed by atoms with Crippen LogP contribution in [0.1, 0.15) is 70.9 Å². The summed E-state index contributed by atoms with van der Waals surface area (Å²) in [5.41, 5.74) is -0.320. The van der Waals surface area contributed by atoms with Crippen molar-refractivity contribution in [1.82, 2.24) is 10.2 Å². The predicted molar refractivity (Wildman–Crippen MR) is 237 cm³/mol. The standard InChI is InChI=1S/C46H60F3N3O6SSi/c1-44(2,3)58-43(54)50-25-15-22-39-40(42(53)46(47,48)49)36-20-14-21-38(41(36)59-39)51-37-23-26-52(7)32-33(37)24-27-55-28-29-56-30-31-57-60(45(4,5)6,34-16-10-8-11-17-34)35-18-12-9-13-19-35/h8-14,16-21,33,37,42,51,53H,23-32H2,1-7H3,(H,50,54). The molecule has 9 nitrogen and oxygen atoms in total. The Morgan fingerprint density at radius 2 is 1.52 bits per heavy atom. The smallest absolute Gasteiger partial charge is 0.418 e. The van der Waals surface area contributed by atoms with Crippen molar-refractivity contribution in [2.45, 2.75) is 83.3 Å². The fourth-order valence-corrected chi connectivity index (χ4v) is 13.5. The average molecular weight is 868 g/mol. The first-order valence-corrected chi connectivity index (χ1v) is 23.2. The summed E-state index contributed by atoms with van der Waals surface area (Å²) in [6.07, 6.45) is -6.70. The molecule has 3 N–H and O–H groups in total. The summed E-state index contributed by atoms with van der Waals surface area (Å²) in [4.78, 5) is 14.4. The maximum absolute atomic E-state index is 14.0. The van der Waals surface area contributed by atoms with Crippen molar-refractivity contribution >= 4 is 51.9 Å². The third-order valence-electron chi connectivity index (χ3n) is 10.5. The molecule has 1 amide bonds. The van der Waals surface area contributed by atoms with Gasteiger partial charge in [-0.2, -0.15) is 13.2 Å². The van der Waals surface area contributed by atoms with E-state index in [1.54, 1.807) is 32.9 Å². The van der Waals surface area contributed by atoms with E-state index < -0.39 is 32.3 Å². The molecule has 3 aromatic carbocycles. The highest BCUT2D eigenvalue weighted by atomic mass is 32.1. The Hall–Kier alpha value is -3.94. The molecule has 3 atom stereocenters. The number of alkyl halides is 3. The number of hydrogen-bond acceptors (Lipinski definition) is 9. The minimum atomic E-state index is -4.90. The number of nitrogens with zero attached hydrogens (tertiary/aromatic N) is 1. The Morgan fingerprint density at radius 3 is 2.12 bits per heavy atom. The Morgan fingerprint density at radius 1 is 0.900 bits per heavy atom. The molecule has 60 heavy (non-hydrogen) atoms. The van der Waals surface area contributed by atoms with E-state index in [1.807, 2.05) is 18.2 Å². The van der Waals surface area contributed by atoms with E-state index in [-0.39, 0.29) is 39.4 Å². The number of ether oxygens (including phenoxy) is 3. The van der Waals surface area contributed by atoms with Crippen LogP contribution in [0.4, 0.5) is 23.7 Å². The van der Waals surface area contributed by atoms with Crippen molar-refractivity contribution in [1.29, 1.82) is 0 Å². The van der Waals surface area contributed by atoms with Gasteiger partial charge in [-0.1, -0.05) is 105 Å². The first-order chi connectivity index (χ1) is 28.4. The van der Waals surface area contributed by atoms with Gasteiger partial charge in [0.25, 0.3) is 8.32 Å². The number of benzene rings is 3. The number of hydrogen-bond donors (Lipinski definition) is 3. The van der Waals surface area contributed by atoms with E-state index in [4.69, 9.17) is 18.6 Å². The number of fused-ring (bicyclic) bond motifs is 1. The van der Waals surface area contributed by atoms with Crippen LogP contribution in [0.3, 0.4) is 0 Å². The van der Waals surface area contributed by atoms with Crippen molar-refractivity contribution in [3.8, 4) is 11.8 Å². The SMILES string of the molecule is CN1CCC(Nc2cccc3c(C(O)C(F)(F)F)c(C#CCNC(=O)OC(C)(C)C)sc23)C(CCOCCOCCO[Si](c2ccccc2)(c2ccccc2)C(C)(C)C)C1. The van der Waals surface area contributed by atoms with E-state index in [0.717, 1.165) is 37.3 Å². The number of likely N-dealkylation sites (tertiary alicyclic amines) is 1. The number of aliphatic hydroxyl groups is 1. The topological polar surface area (TPSA) is 102 Å². The van der Waals surface area contributed by atoms with Crippen LogP contribution in [-0.4, -0.2) is 102 Å². The van der Waals surface area contributed by atoms with Crippen molar-refractivity contribution in [3.63, 3.8) is 0 Å². The normalized spacial score (nSPS) is 17.2. The Bertz CT molecular complexity index is 2000. The van der Waals surface area contributed by atoms with Gasteiger partial charge in [-0.3, -0.25) is 0 Å².